The first-order chi connectivity index (χ1) is 36.5. The second-order valence-electron chi connectivity index (χ2n) is 22.4. The predicted molar refractivity (Wildman–Crippen MR) is 324 cm³/mol. The van der Waals surface area contributed by atoms with Crippen molar-refractivity contribution in [1.82, 2.24) is 5.32 Å². The first-order valence-corrected chi connectivity index (χ1v) is 32.9. The highest BCUT2D eigenvalue weighted by Gasteiger charge is 2.18. The number of unbranched alkanes of at least 4 members (excludes halogenated alkanes) is 44. The Balaban J connectivity index is 3.47. The molecule has 3 N–H and O–H groups in total. The van der Waals surface area contributed by atoms with E-state index in [9.17, 15) is 19.8 Å². The minimum absolute atomic E-state index is 0.000833. The highest BCUT2D eigenvalue weighted by molar-refractivity contribution is 5.76. The van der Waals surface area contributed by atoms with Crippen LogP contribution in [0, 0.1) is 0 Å². The Kier molecular flexibility index (Phi) is 61.5. The summed E-state index contributed by atoms with van der Waals surface area (Å²) in [6, 6.07) is -0.634. The lowest BCUT2D eigenvalue weighted by Crippen LogP contribution is -2.45. The van der Waals surface area contributed by atoms with Crippen LogP contribution in [0.5, 0.6) is 0 Å². The normalized spacial score (nSPS) is 12.9. The molecule has 0 saturated carbocycles. The van der Waals surface area contributed by atoms with Gasteiger partial charge in [0.05, 0.1) is 25.4 Å². The molecule has 0 spiro atoms. The van der Waals surface area contributed by atoms with E-state index in [0.29, 0.717) is 19.4 Å². The Morgan fingerprint density at radius 3 is 1.05 bits per heavy atom. The molecular weight excluding hydrogens is 911 g/mol. The lowest BCUT2D eigenvalue weighted by molar-refractivity contribution is -0.143. The quantitative estimate of drug-likeness (QED) is 0.0320. The van der Waals surface area contributed by atoms with Crippen molar-refractivity contribution in [2.24, 2.45) is 0 Å². The zero-order valence-corrected chi connectivity index (χ0v) is 49.6. The Bertz CT molecular complexity index is 1240. The van der Waals surface area contributed by atoms with Crippen molar-refractivity contribution in [2.75, 3.05) is 13.2 Å². The largest absolute Gasteiger partial charge is 0.466 e. The van der Waals surface area contributed by atoms with Gasteiger partial charge in [0.15, 0.2) is 0 Å². The first-order valence-electron chi connectivity index (χ1n) is 32.9. The number of aliphatic hydroxyl groups is 2. The summed E-state index contributed by atoms with van der Waals surface area (Å²) in [5.41, 5.74) is 0. The van der Waals surface area contributed by atoms with Gasteiger partial charge in [-0.15, -0.1) is 0 Å². The van der Waals surface area contributed by atoms with E-state index in [1.165, 1.54) is 270 Å². The molecule has 0 aromatic rings. The van der Waals surface area contributed by atoms with Crippen LogP contribution in [0.4, 0.5) is 0 Å². The zero-order valence-electron chi connectivity index (χ0n) is 49.6. The van der Waals surface area contributed by atoms with E-state index in [1.807, 2.05) is 6.08 Å². The highest BCUT2D eigenvalue weighted by Crippen LogP contribution is 2.17. The third-order valence-corrected chi connectivity index (χ3v) is 15.1. The monoisotopic (exact) mass is 1040 g/mol. The molecule has 0 heterocycles. The molecule has 0 radical (unpaired) electrons. The van der Waals surface area contributed by atoms with Gasteiger partial charge in [-0.05, 0) is 89.9 Å². The van der Waals surface area contributed by atoms with Crippen LogP contribution in [-0.2, 0) is 14.3 Å². The summed E-state index contributed by atoms with van der Waals surface area (Å²) in [5.74, 6) is -0.0730. The fraction of sp³-hybridized carbons (Fsp3) is 0.853. The van der Waals surface area contributed by atoms with Crippen molar-refractivity contribution in [3.8, 4) is 0 Å². The highest BCUT2D eigenvalue weighted by atomic mass is 16.5. The summed E-state index contributed by atoms with van der Waals surface area (Å²) < 4.78 is 5.47. The summed E-state index contributed by atoms with van der Waals surface area (Å²) in [6.07, 6.45) is 81.6. The number of esters is 1. The topological polar surface area (TPSA) is 95.9 Å². The van der Waals surface area contributed by atoms with Crippen LogP contribution in [0.1, 0.15) is 348 Å². The molecule has 2 unspecified atom stereocenters. The van der Waals surface area contributed by atoms with Gasteiger partial charge < -0.3 is 20.3 Å². The van der Waals surface area contributed by atoms with Crippen molar-refractivity contribution in [1.29, 1.82) is 0 Å². The Morgan fingerprint density at radius 2 is 0.676 bits per heavy atom. The van der Waals surface area contributed by atoms with Crippen molar-refractivity contribution in [3.63, 3.8) is 0 Å². The molecule has 74 heavy (non-hydrogen) atoms. The summed E-state index contributed by atoms with van der Waals surface area (Å²) >= 11 is 0. The molecule has 0 bridgehead atoms. The van der Waals surface area contributed by atoms with Gasteiger partial charge in [0.2, 0.25) is 5.91 Å². The van der Waals surface area contributed by atoms with Crippen LogP contribution >= 0.6 is 0 Å². The summed E-state index contributed by atoms with van der Waals surface area (Å²) in [5, 5.41) is 23.2. The predicted octanol–water partition coefficient (Wildman–Crippen LogP) is 20.9. The van der Waals surface area contributed by atoms with Gasteiger partial charge >= 0.3 is 5.97 Å². The number of carbonyl (C=O) groups excluding carboxylic acids is 2. The molecule has 6 heteroatoms. The Labute approximate surface area is 461 Å². The standard InChI is InChI=1S/C68H127NO5/c1-3-5-7-9-11-13-15-17-18-19-27-30-33-37-40-44-48-52-56-60-66(71)65(64-70)69-67(72)61-57-53-49-45-41-38-34-31-28-25-23-21-20-22-24-26-29-32-35-39-43-47-51-55-59-63-74-68(73)62-58-54-50-46-42-36-16-14-12-10-8-6-4-2/h14,16,21-24,56,60,65-66,70-71H,3-13,15,17-20,25-55,57-59,61-64H2,1-2H3,(H,69,72)/b16-14-,23-21-,24-22-,60-56+. The van der Waals surface area contributed by atoms with Gasteiger partial charge in [-0.2, -0.15) is 0 Å². The van der Waals surface area contributed by atoms with E-state index in [1.54, 1.807) is 6.08 Å². The molecule has 0 fully saturated rings. The van der Waals surface area contributed by atoms with E-state index in [-0.39, 0.29) is 18.5 Å². The van der Waals surface area contributed by atoms with E-state index < -0.39 is 12.1 Å². The molecule has 0 saturated heterocycles. The van der Waals surface area contributed by atoms with Crippen LogP contribution in [0.2, 0.25) is 0 Å². The van der Waals surface area contributed by atoms with Crippen LogP contribution in [0.3, 0.4) is 0 Å². The van der Waals surface area contributed by atoms with Gasteiger partial charge in [0.1, 0.15) is 0 Å². The molecule has 1 amide bonds. The third kappa shape index (κ3) is 59.1. The fourth-order valence-corrected chi connectivity index (χ4v) is 10.0. The number of nitrogens with one attached hydrogen (secondary N) is 1. The summed E-state index contributed by atoms with van der Waals surface area (Å²) in [6.45, 7) is 4.90. The molecule has 0 aromatic heterocycles. The maximum absolute atomic E-state index is 12.5. The van der Waals surface area contributed by atoms with E-state index in [4.69, 9.17) is 4.74 Å². The van der Waals surface area contributed by atoms with E-state index in [0.717, 1.165) is 51.4 Å². The zero-order chi connectivity index (χ0) is 53.6. The number of rotatable bonds is 61. The SMILES string of the molecule is CCCCCC/C=C\CCCCCCCC(=O)OCCCCCCCCCCC/C=C\C/C=C\CCCCCCCCCCCC(=O)NC(CO)C(O)/C=C/CCCCCCCCCCCCCCCCCCC. The average Bonchev–Trinajstić information content (AvgIpc) is 3.40. The second kappa shape index (κ2) is 63.4. The fourth-order valence-electron chi connectivity index (χ4n) is 10.0. The number of hydrogen-bond acceptors (Lipinski definition) is 5. The first kappa shape index (κ1) is 71.8. The summed E-state index contributed by atoms with van der Waals surface area (Å²) in [7, 11) is 0. The maximum Gasteiger partial charge on any atom is 0.305 e. The summed E-state index contributed by atoms with van der Waals surface area (Å²) in [4.78, 5) is 24.5. The molecular formula is C68H127NO5. The maximum atomic E-state index is 12.5. The molecule has 0 aromatic carbocycles. The lowest BCUT2D eigenvalue weighted by Gasteiger charge is -2.20. The molecule has 0 rings (SSSR count). The van der Waals surface area contributed by atoms with Crippen LogP contribution < -0.4 is 5.32 Å². The van der Waals surface area contributed by atoms with Crippen molar-refractivity contribution < 1.29 is 24.5 Å². The minimum atomic E-state index is -0.850. The van der Waals surface area contributed by atoms with Crippen LogP contribution in [0.25, 0.3) is 0 Å². The van der Waals surface area contributed by atoms with E-state index in [2.05, 4.69) is 55.6 Å². The van der Waals surface area contributed by atoms with Gasteiger partial charge in [-0.25, -0.2) is 0 Å². The number of amides is 1. The van der Waals surface area contributed by atoms with Crippen molar-refractivity contribution in [2.45, 2.75) is 360 Å². The Hall–Kier alpha value is -2.18. The molecule has 0 aliphatic carbocycles. The molecule has 434 valence electrons. The second-order valence-corrected chi connectivity index (χ2v) is 22.4. The lowest BCUT2D eigenvalue weighted by atomic mass is 10.0. The number of aliphatic hydroxyl groups excluding tert-OH is 2. The number of allylic oxidation sites excluding steroid dienone is 7. The molecule has 0 aliphatic rings. The average molecular weight is 1040 g/mol. The van der Waals surface area contributed by atoms with Gasteiger partial charge in [-0.1, -0.05) is 294 Å². The van der Waals surface area contributed by atoms with Gasteiger partial charge in [0.25, 0.3) is 0 Å². The molecule has 6 nitrogen and oxygen atoms in total. The van der Waals surface area contributed by atoms with Crippen LogP contribution in [-0.4, -0.2) is 47.4 Å². The number of carbonyl (C=O) groups is 2. The van der Waals surface area contributed by atoms with Crippen molar-refractivity contribution in [3.05, 3.63) is 48.6 Å². The van der Waals surface area contributed by atoms with Crippen LogP contribution in [0.15, 0.2) is 48.6 Å². The smallest absolute Gasteiger partial charge is 0.305 e. The number of hydrogen-bond donors (Lipinski definition) is 3. The third-order valence-electron chi connectivity index (χ3n) is 15.1. The molecule has 0 aliphatic heterocycles. The molecule has 2 atom stereocenters. The minimum Gasteiger partial charge on any atom is -0.466 e. The van der Waals surface area contributed by atoms with Gasteiger partial charge in [0, 0.05) is 12.8 Å². The van der Waals surface area contributed by atoms with E-state index >= 15 is 0 Å². The number of ether oxygens (including phenoxy) is 1. The Morgan fingerprint density at radius 1 is 0.378 bits per heavy atom. The van der Waals surface area contributed by atoms with Crippen molar-refractivity contribution >= 4 is 11.9 Å². The van der Waals surface area contributed by atoms with Gasteiger partial charge in [-0.3, -0.25) is 9.59 Å².